The molecule has 0 saturated heterocycles. The number of rotatable bonds is 4. The highest BCUT2D eigenvalue weighted by molar-refractivity contribution is 4.98. The Morgan fingerprint density at radius 1 is 1.06 bits per heavy atom. The highest BCUT2D eigenvalue weighted by Gasteiger charge is 2.47. The normalized spacial score (nSPS) is 47.2. The molecule has 4 rings (SSSR count). The lowest BCUT2D eigenvalue weighted by molar-refractivity contribution is -0.0360. The van der Waals surface area contributed by atoms with Crippen molar-refractivity contribution in [2.45, 2.75) is 45.1 Å². The molecule has 4 fully saturated rings. The van der Waals surface area contributed by atoms with Gasteiger partial charge in [0.15, 0.2) is 0 Å². The van der Waals surface area contributed by atoms with E-state index in [0.29, 0.717) is 0 Å². The molecule has 2 nitrogen and oxygen atoms in total. The molecule has 0 heterocycles. The summed E-state index contributed by atoms with van der Waals surface area (Å²) in [7, 11) is 0. The van der Waals surface area contributed by atoms with Crippen LogP contribution in [0.3, 0.4) is 0 Å². The molecule has 0 aromatic heterocycles. The van der Waals surface area contributed by atoms with Crippen LogP contribution in [0, 0.1) is 29.6 Å². The van der Waals surface area contributed by atoms with Crippen molar-refractivity contribution in [2.75, 3.05) is 13.1 Å². The first-order chi connectivity index (χ1) is 7.72. The third-order valence-corrected chi connectivity index (χ3v) is 5.24. The van der Waals surface area contributed by atoms with E-state index in [2.05, 4.69) is 5.32 Å². The fourth-order valence-corrected chi connectivity index (χ4v) is 4.83. The number of hydrogen-bond donors (Lipinski definition) is 2. The standard InChI is InChI=1S/C14H25NO/c1-9(16)7-15-8-14-12-3-10-2-11(5-12)6-13(14)4-10/h9-16H,2-8H2,1H3. The van der Waals surface area contributed by atoms with Gasteiger partial charge in [0.25, 0.3) is 0 Å². The largest absolute Gasteiger partial charge is 0.392 e. The van der Waals surface area contributed by atoms with Crippen molar-refractivity contribution in [1.82, 2.24) is 5.32 Å². The van der Waals surface area contributed by atoms with Crippen LogP contribution >= 0.6 is 0 Å². The van der Waals surface area contributed by atoms with Crippen molar-refractivity contribution in [3.8, 4) is 0 Å². The van der Waals surface area contributed by atoms with Gasteiger partial charge < -0.3 is 10.4 Å². The molecule has 1 unspecified atom stereocenters. The monoisotopic (exact) mass is 223 g/mol. The van der Waals surface area contributed by atoms with Gasteiger partial charge in [0, 0.05) is 6.54 Å². The molecule has 4 saturated carbocycles. The van der Waals surface area contributed by atoms with Crippen LogP contribution in [0.1, 0.15) is 39.0 Å². The number of aliphatic hydroxyl groups excluding tert-OH is 1. The van der Waals surface area contributed by atoms with E-state index in [4.69, 9.17) is 0 Å². The summed E-state index contributed by atoms with van der Waals surface area (Å²) in [5.74, 6) is 5.10. The molecular weight excluding hydrogens is 198 g/mol. The Morgan fingerprint density at radius 2 is 1.62 bits per heavy atom. The first kappa shape index (κ1) is 11.0. The lowest BCUT2D eigenvalue weighted by Gasteiger charge is -2.54. The van der Waals surface area contributed by atoms with E-state index >= 15 is 0 Å². The molecule has 2 heteroatoms. The van der Waals surface area contributed by atoms with Gasteiger partial charge in [-0.3, -0.25) is 0 Å². The molecule has 16 heavy (non-hydrogen) atoms. The smallest absolute Gasteiger partial charge is 0.0636 e. The van der Waals surface area contributed by atoms with Gasteiger partial charge in [-0.05, 0) is 75.2 Å². The summed E-state index contributed by atoms with van der Waals surface area (Å²) < 4.78 is 0. The molecule has 0 spiro atoms. The van der Waals surface area contributed by atoms with Crippen molar-refractivity contribution in [3.05, 3.63) is 0 Å². The van der Waals surface area contributed by atoms with Gasteiger partial charge in [-0.25, -0.2) is 0 Å². The average molecular weight is 223 g/mol. The maximum absolute atomic E-state index is 9.27. The zero-order valence-electron chi connectivity index (χ0n) is 10.4. The highest BCUT2D eigenvalue weighted by atomic mass is 16.3. The van der Waals surface area contributed by atoms with E-state index in [1.54, 1.807) is 6.42 Å². The number of hydrogen-bond acceptors (Lipinski definition) is 2. The van der Waals surface area contributed by atoms with Crippen LogP contribution < -0.4 is 5.32 Å². The first-order valence-corrected chi connectivity index (χ1v) is 7.11. The van der Waals surface area contributed by atoms with Crippen LogP contribution in [0.15, 0.2) is 0 Å². The Bertz CT molecular complexity index is 223. The molecule has 0 aromatic rings. The predicted molar refractivity (Wildman–Crippen MR) is 65.1 cm³/mol. The van der Waals surface area contributed by atoms with Crippen molar-refractivity contribution in [1.29, 1.82) is 0 Å². The maximum Gasteiger partial charge on any atom is 0.0636 e. The van der Waals surface area contributed by atoms with Gasteiger partial charge >= 0.3 is 0 Å². The summed E-state index contributed by atoms with van der Waals surface area (Å²) in [5.41, 5.74) is 0. The summed E-state index contributed by atoms with van der Waals surface area (Å²) in [4.78, 5) is 0. The number of aliphatic hydroxyl groups is 1. The lowest BCUT2D eigenvalue weighted by Crippen LogP contribution is -2.48. The topological polar surface area (TPSA) is 32.3 Å². The quantitative estimate of drug-likeness (QED) is 0.764. The second kappa shape index (κ2) is 4.30. The van der Waals surface area contributed by atoms with Gasteiger partial charge in [-0.2, -0.15) is 0 Å². The minimum absolute atomic E-state index is 0.197. The van der Waals surface area contributed by atoms with Crippen LogP contribution in [-0.2, 0) is 0 Å². The molecule has 0 radical (unpaired) electrons. The summed E-state index contributed by atoms with van der Waals surface area (Å²) in [6.45, 7) is 3.78. The molecule has 92 valence electrons. The lowest BCUT2D eigenvalue weighted by atomic mass is 9.52. The van der Waals surface area contributed by atoms with Crippen LogP contribution in [-0.4, -0.2) is 24.3 Å². The van der Waals surface area contributed by atoms with Crippen LogP contribution in [0.2, 0.25) is 0 Å². The van der Waals surface area contributed by atoms with Gasteiger partial charge in [-0.15, -0.1) is 0 Å². The fraction of sp³-hybridized carbons (Fsp3) is 1.00. The highest BCUT2D eigenvalue weighted by Crippen LogP contribution is 2.56. The Morgan fingerprint density at radius 3 is 2.12 bits per heavy atom. The van der Waals surface area contributed by atoms with E-state index < -0.39 is 0 Å². The van der Waals surface area contributed by atoms with E-state index in [9.17, 15) is 5.11 Å². The molecule has 2 N–H and O–H groups in total. The second-order valence-electron chi connectivity index (χ2n) is 6.60. The van der Waals surface area contributed by atoms with Crippen LogP contribution in [0.5, 0.6) is 0 Å². The molecule has 0 aliphatic heterocycles. The molecule has 0 aromatic carbocycles. The third-order valence-electron chi connectivity index (χ3n) is 5.24. The summed E-state index contributed by atoms with van der Waals surface area (Å²) in [5, 5.41) is 12.7. The maximum atomic E-state index is 9.27. The molecule has 4 aliphatic rings. The zero-order chi connectivity index (χ0) is 11.1. The van der Waals surface area contributed by atoms with Crippen molar-refractivity contribution < 1.29 is 5.11 Å². The zero-order valence-corrected chi connectivity index (χ0v) is 10.4. The van der Waals surface area contributed by atoms with E-state index in [0.717, 1.165) is 42.7 Å². The van der Waals surface area contributed by atoms with Crippen molar-refractivity contribution in [2.24, 2.45) is 29.6 Å². The second-order valence-corrected chi connectivity index (χ2v) is 6.60. The Hall–Kier alpha value is -0.0800. The number of nitrogens with one attached hydrogen (secondary N) is 1. The minimum atomic E-state index is -0.197. The predicted octanol–water partition coefficient (Wildman–Crippen LogP) is 2.03. The Kier molecular flexibility index (Phi) is 2.97. The van der Waals surface area contributed by atoms with E-state index in [1.165, 1.54) is 25.7 Å². The fourth-order valence-electron chi connectivity index (χ4n) is 4.83. The first-order valence-electron chi connectivity index (χ1n) is 7.11. The Labute approximate surface area is 98.8 Å². The van der Waals surface area contributed by atoms with Crippen molar-refractivity contribution >= 4 is 0 Å². The summed E-state index contributed by atoms with van der Waals surface area (Å²) in [6.07, 6.45) is 7.38. The molecule has 4 bridgehead atoms. The van der Waals surface area contributed by atoms with Gasteiger partial charge in [0.2, 0.25) is 0 Å². The van der Waals surface area contributed by atoms with Crippen molar-refractivity contribution in [3.63, 3.8) is 0 Å². The van der Waals surface area contributed by atoms with E-state index in [1.807, 2.05) is 6.92 Å². The van der Waals surface area contributed by atoms with Gasteiger partial charge in [-0.1, -0.05) is 0 Å². The molecular formula is C14H25NO. The van der Waals surface area contributed by atoms with Crippen LogP contribution in [0.4, 0.5) is 0 Å². The molecule has 0 amide bonds. The summed E-state index contributed by atoms with van der Waals surface area (Å²) in [6, 6.07) is 0. The molecule has 1 atom stereocenters. The molecule has 4 aliphatic carbocycles. The average Bonchev–Trinajstić information content (AvgIpc) is 2.20. The van der Waals surface area contributed by atoms with Crippen LogP contribution in [0.25, 0.3) is 0 Å². The minimum Gasteiger partial charge on any atom is -0.392 e. The SMILES string of the molecule is CC(O)CNCC1C2CC3CC(C2)CC1C3. The van der Waals surface area contributed by atoms with Gasteiger partial charge in [0.1, 0.15) is 0 Å². The van der Waals surface area contributed by atoms with E-state index in [-0.39, 0.29) is 6.10 Å². The Balaban J connectivity index is 1.55. The summed E-state index contributed by atoms with van der Waals surface area (Å²) >= 11 is 0. The van der Waals surface area contributed by atoms with Gasteiger partial charge in [0.05, 0.1) is 6.10 Å². The third kappa shape index (κ3) is 2.02.